The predicted octanol–water partition coefficient (Wildman–Crippen LogP) is 2.65. The SMILES string of the molecule is Cc1cc(OCc2csc(CNC(C)(C)C)n2)n(C)n1. The maximum absolute atomic E-state index is 5.73. The molecule has 2 aromatic heterocycles. The first-order valence-corrected chi connectivity index (χ1v) is 7.53. The van der Waals surface area contributed by atoms with Gasteiger partial charge in [-0.1, -0.05) is 0 Å². The van der Waals surface area contributed by atoms with Crippen molar-refractivity contribution in [2.75, 3.05) is 0 Å². The van der Waals surface area contributed by atoms with E-state index in [0.29, 0.717) is 6.61 Å². The van der Waals surface area contributed by atoms with E-state index in [1.54, 1.807) is 16.0 Å². The van der Waals surface area contributed by atoms with E-state index in [4.69, 9.17) is 4.74 Å². The van der Waals surface area contributed by atoms with Gasteiger partial charge in [0.25, 0.3) is 0 Å². The minimum absolute atomic E-state index is 0.106. The molecule has 0 unspecified atom stereocenters. The molecule has 0 radical (unpaired) electrons. The Hall–Kier alpha value is -1.40. The van der Waals surface area contributed by atoms with Crippen molar-refractivity contribution in [2.45, 2.75) is 46.4 Å². The Morgan fingerprint density at radius 3 is 2.75 bits per heavy atom. The van der Waals surface area contributed by atoms with Crippen molar-refractivity contribution in [3.63, 3.8) is 0 Å². The molecule has 20 heavy (non-hydrogen) atoms. The number of hydrogen-bond acceptors (Lipinski definition) is 5. The van der Waals surface area contributed by atoms with E-state index in [1.165, 1.54) is 0 Å². The van der Waals surface area contributed by atoms with Gasteiger partial charge in [0.15, 0.2) is 0 Å². The van der Waals surface area contributed by atoms with Gasteiger partial charge in [-0.3, -0.25) is 0 Å². The van der Waals surface area contributed by atoms with Crippen molar-refractivity contribution in [1.82, 2.24) is 20.1 Å². The van der Waals surface area contributed by atoms with Gasteiger partial charge in [-0.25, -0.2) is 9.67 Å². The molecule has 2 aromatic rings. The maximum atomic E-state index is 5.73. The Bertz CT molecular complexity index is 568. The molecule has 2 heterocycles. The fourth-order valence-electron chi connectivity index (χ4n) is 1.71. The summed E-state index contributed by atoms with van der Waals surface area (Å²) in [4.78, 5) is 4.57. The zero-order valence-electron chi connectivity index (χ0n) is 12.7. The number of nitrogens with zero attached hydrogens (tertiary/aromatic N) is 3. The van der Waals surface area contributed by atoms with E-state index in [-0.39, 0.29) is 5.54 Å². The van der Waals surface area contributed by atoms with E-state index >= 15 is 0 Å². The molecule has 1 N–H and O–H groups in total. The van der Waals surface area contributed by atoms with Crippen LogP contribution in [-0.2, 0) is 20.2 Å². The van der Waals surface area contributed by atoms with E-state index in [0.717, 1.165) is 28.8 Å². The summed E-state index contributed by atoms with van der Waals surface area (Å²) in [6.45, 7) is 9.66. The molecule has 0 bridgehead atoms. The lowest BCUT2D eigenvalue weighted by Gasteiger charge is -2.19. The lowest BCUT2D eigenvalue weighted by molar-refractivity contribution is 0.275. The van der Waals surface area contributed by atoms with Crippen LogP contribution in [0.25, 0.3) is 0 Å². The molecule has 0 saturated carbocycles. The average molecular weight is 294 g/mol. The van der Waals surface area contributed by atoms with Crippen molar-refractivity contribution >= 4 is 11.3 Å². The number of aromatic nitrogens is 3. The molecule has 0 aromatic carbocycles. The molecular formula is C14H22N4OS. The number of hydrogen-bond donors (Lipinski definition) is 1. The van der Waals surface area contributed by atoms with E-state index in [1.807, 2.05) is 25.4 Å². The molecule has 0 spiro atoms. The number of ether oxygens (including phenoxy) is 1. The standard InChI is InChI=1S/C14H22N4OS/c1-10-6-13(18(5)17-10)19-8-11-9-20-12(16-11)7-15-14(2,3)4/h6,9,15H,7-8H2,1-5H3. The average Bonchev–Trinajstić information content (AvgIpc) is 2.90. The van der Waals surface area contributed by atoms with Gasteiger partial charge in [0.05, 0.1) is 11.4 Å². The smallest absolute Gasteiger partial charge is 0.212 e. The van der Waals surface area contributed by atoms with Crippen LogP contribution in [-0.4, -0.2) is 20.3 Å². The summed E-state index contributed by atoms with van der Waals surface area (Å²) in [7, 11) is 1.88. The highest BCUT2D eigenvalue weighted by atomic mass is 32.1. The zero-order chi connectivity index (χ0) is 14.8. The quantitative estimate of drug-likeness (QED) is 0.921. The Morgan fingerprint density at radius 1 is 1.40 bits per heavy atom. The molecule has 0 fully saturated rings. The minimum atomic E-state index is 0.106. The summed E-state index contributed by atoms with van der Waals surface area (Å²) in [6, 6.07) is 1.93. The van der Waals surface area contributed by atoms with E-state index in [2.05, 4.69) is 36.2 Å². The van der Waals surface area contributed by atoms with Crippen LogP contribution in [0.4, 0.5) is 0 Å². The van der Waals surface area contributed by atoms with Crippen molar-refractivity contribution in [3.05, 3.63) is 27.8 Å². The van der Waals surface area contributed by atoms with Crippen LogP contribution in [0.15, 0.2) is 11.4 Å². The topological polar surface area (TPSA) is 52.0 Å². The Balaban J connectivity index is 1.88. The molecule has 0 aliphatic heterocycles. The first-order chi connectivity index (χ1) is 9.33. The third-order valence-electron chi connectivity index (χ3n) is 2.70. The first kappa shape index (κ1) is 15.0. The Morgan fingerprint density at radius 2 is 2.15 bits per heavy atom. The van der Waals surface area contributed by atoms with Gasteiger partial charge >= 0.3 is 0 Å². The van der Waals surface area contributed by atoms with Crippen molar-refractivity contribution in [2.24, 2.45) is 7.05 Å². The van der Waals surface area contributed by atoms with Crippen LogP contribution in [0.1, 0.15) is 37.2 Å². The second kappa shape index (κ2) is 5.93. The zero-order valence-corrected chi connectivity index (χ0v) is 13.5. The largest absolute Gasteiger partial charge is 0.471 e. The minimum Gasteiger partial charge on any atom is -0.471 e. The van der Waals surface area contributed by atoms with Gasteiger partial charge in [0, 0.05) is 30.6 Å². The summed E-state index contributed by atoms with van der Waals surface area (Å²) in [5, 5.41) is 10.8. The number of nitrogens with one attached hydrogen (secondary N) is 1. The van der Waals surface area contributed by atoms with E-state index < -0.39 is 0 Å². The molecule has 0 saturated heterocycles. The molecule has 0 atom stereocenters. The molecule has 110 valence electrons. The van der Waals surface area contributed by atoms with Crippen LogP contribution in [0.5, 0.6) is 5.88 Å². The third-order valence-corrected chi connectivity index (χ3v) is 3.59. The van der Waals surface area contributed by atoms with Crippen LogP contribution in [0.3, 0.4) is 0 Å². The summed E-state index contributed by atoms with van der Waals surface area (Å²) in [5.74, 6) is 0.768. The number of aryl methyl sites for hydroxylation is 2. The highest BCUT2D eigenvalue weighted by Gasteiger charge is 2.11. The molecule has 0 aliphatic carbocycles. The van der Waals surface area contributed by atoms with Crippen LogP contribution < -0.4 is 10.1 Å². The third kappa shape index (κ3) is 4.31. The number of thiazole rings is 1. The summed E-state index contributed by atoms with van der Waals surface area (Å²) in [5.41, 5.74) is 2.02. The molecule has 0 amide bonds. The summed E-state index contributed by atoms with van der Waals surface area (Å²) < 4.78 is 7.47. The van der Waals surface area contributed by atoms with Crippen LogP contribution in [0, 0.1) is 6.92 Å². The molecular weight excluding hydrogens is 272 g/mol. The Kier molecular flexibility index (Phi) is 4.45. The Labute approximate surface area is 124 Å². The second-order valence-corrected chi connectivity index (χ2v) is 6.82. The first-order valence-electron chi connectivity index (χ1n) is 6.65. The van der Waals surface area contributed by atoms with Gasteiger partial charge < -0.3 is 10.1 Å². The molecule has 0 aliphatic rings. The van der Waals surface area contributed by atoms with Gasteiger partial charge in [-0.15, -0.1) is 11.3 Å². The van der Waals surface area contributed by atoms with Crippen LogP contribution in [0.2, 0.25) is 0 Å². The summed E-state index contributed by atoms with van der Waals surface area (Å²) in [6.07, 6.45) is 0. The van der Waals surface area contributed by atoms with Gasteiger partial charge in [-0.2, -0.15) is 5.10 Å². The number of rotatable bonds is 5. The van der Waals surface area contributed by atoms with Crippen molar-refractivity contribution < 1.29 is 4.74 Å². The lowest BCUT2D eigenvalue weighted by Crippen LogP contribution is -2.35. The second-order valence-electron chi connectivity index (χ2n) is 5.87. The maximum Gasteiger partial charge on any atom is 0.212 e. The fourth-order valence-corrected chi connectivity index (χ4v) is 2.43. The van der Waals surface area contributed by atoms with Gasteiger partial charge in [0.1, 0.15) is 11.6 Å². The highest BCUT2D eigenvalue weighted by Crippen LogP contribution is 2.16. The predicted molar refractivity (Wildman–Crippen MR) is 81.0 cm³/mol. The lowest BCUT2D eigenvalue weighted by atomic mass is 10.1. The van der Waals surface area contributed by atoms with Crippen molar-refractivity contribution in [1.29, 1.82) is 0 Å². The monoisotopic (exact) mass is 294 g/mol. The highest BCUT2D eigenvalue weighted by molar-refractivity contribution is 7.09. The fraction of sp³-hybridized carbons (Fsp3) is 0.571. The van der Waals surface area contributed by atoms with Gasteiger partial charge in [0.2, 0.25) is 5.88 Å². The molecule has 6 heteroatoms. The van der Waals surface area contributed by atoms with Crippen molar-refractivity contribution in [3.8, 4) is 5.88 Å². The van der Waals surface area contributed by atoms with Crippen LogP contribution >= 0.6 is 11.3 Å². The molecule has 5 nitrogen and oxygen atoms in total. The van der Waals surface area contributed by atoms with Gasteiger partial charge in [-0.05, 0) is 27.7 Å². The normalized spacial score (nSPS) is 11.8. The summed E-state index contributed by atoms with van der Waals surface area (Å²) >= 11 is 1.66. The molecule has 2 rings (SSSR count). The van der Waals surface area contributed by atoms with E-state index in [9.17, 15) is 0 Å².